The molecule has 2 rings (SSSR count). The zero-order valence-electron chi connectivity index (χ0n) is 7.67. The molecule has 0 bridgehead atoms. The Morgan fingerprint density at radius 3 is 2.56 bits per heavy atom. The number of halogens is 3. The van der Waals surface area contributed by atoms with E-state index >= 15 is 0 Å². The molecule has 0 aliphatic heterocycles. The molecule has 2 heterocycles. The smallest absolute Gasteiger partial charge is 0.148 e. The predicted molar refractivity (Wildman–Crippen MR) is 67.3 cm³/mol. The topological polar surface area (TPSA) is 36.7 Å². The van der Waals surface area contributed by atoms with Crippen LogP contribution in [0.2, 0.25) is 15.2 Å². The van der Waals surface area contributed by atoms with Crippen molar-refractivity contribution in [3.8, 4) is 16.6 Å². The van der Waals surface area contributed by atoms with Crippen LogP contribution in [0.25, 0.3) is 10.6 Å². The van der Waals surface area contributed by atoms with Gasteiger partial charge in [0.2, 0.25) is 0 Å². The molecule has 0 aliphatic rings. The lowest BCUT2D eigenvalue weighted by Crippen LogP contribution is -1.84. The lowest BCUT2D eigenvalue weighted by atomic mass is 10.3. The molecule has 0 unspecified atom stereocenters. The van der Waals surface area contributed by atoms with Crippen LogP contribution in [0.3, 0.4) is 0 Å². The molecule has 0 saturated carbocycles. The Morgan fingerprint density at radius 2 is 1.94 bits per heavy atom. The standard InChI is InChI=1S/C10H3Cl3N2S/c11-6-3-7(12)10(13)15-9(6)8-2-1-5(4-14)16-8/h1-3H. The van der Waals surface area contributed by atoms with Crippen LogP contribution in [0.4, 0.5) is 0 Å². The van der Waals surface area contributed by atoms with Crippen LogP contribution in [0.1, 0.15) is 4.88 Å². The third-order valence-electron chi connectivity index (χ3n) is 1.84. The van der Waals surface area contributed by atoms with Gasteiger partial charge in [0, 0.05) is 0 Å². The number of nitrogens with zero attached hydrogens (tertiary/aromatic N) is 2. The molecule has 6 heteroatoms. The Bertz CT molecular complexity index is 586. The van der Waals surface area contributed by atoms with Gasteiger partial charge in [0.25, 0.3) is 0 Å². The Balaban J connectivity index is 2.56. The molecule has 0 amide bonds. The second-order valence-corrected chi connectivity index (χ2v) is 5.12. The van der Waals surface area contributed by atoms with Gasteiger partial charge >= 0.3 is 0 Å². The van der Waals surface area contributed by atoms with E-state index in [1.165, 1.54) is 11.3 Å². The highest BCUT2D eigenvalue weighted by Crippen LogP contribution is 2.35. The van der Waals surface area contributed by atoms with Crippen molar-refractivity contribution in [2.24, 2.45) is 0 Å². The fourth-order valence-electron chi connectivity index (χ4n) is 1.14. The van der Waals surface area contributed by atoms with E-state index in [0.717, 1.165) is 4.88 Å². The molecule has 2 aromatic rings. The molecule has 2 aromatic heterocycles. The summed E-state index contributed by atoms with van der Waals surface area (Å²) >= 11 is 18.9. The van der Waals surface area contributed by atoms with Crippen LogP contribution in [-0.4, -0.2) is 4.98 Å². The van der Waals surface area contributed by atoms with Gasteiger partial charge in [0.15, 0.2) is 0 Å². The minimum Gasteiger partial charge on any atom is -0.232 e. The SMILES string of the molecule is N#Cc1ccc(-c2nc(Cl)c(Cl)cc2Cl)s1. The van der Waals surface area contributed by atoms with Crippen molar-refractivity contribution in [2.45, 2.75) is 0 Å². The van der Waals surface area contributed by atoms with E-state index in [2.05, 4.69) is 11.1 Å². The summed E-state index contributed by atoms with van der Waals surface area (Å²) in [6.07, 6.45) is 0. The normalized spacial score (nSPS) is 10.1. The van der Waals surface area contributed by atoms with Crippen LogP contribution in [0.15, 0.2) is 18.2 Å². The van der Waals surface area contributed by atoms with Crippen LogP contribution in [-0.2, 0) is 0 Å². The number of nitriles is 1. The minimum absolute atomic E-state index is 0.202. The first kappa shape index (κ1) is 11.7. The van der Waals surface area contributed by atoms with Crippen LogP contribution in [0.5, 0.6) is 0 Å². The number of hydrogen-bond donors (Lipinski definition) is 0. The molecule has 0 saturated heterocycles. The first-order chi connectivity index (χ1) is 7.61. The molecule has 80 valence electrons. The van der Waals surface area contributed by atoms with E-state index in [1.807, 2.05) is 0 Å². The molecular weight excluding hydrogens is 287 g/mol. The summed E-state index contributed by atoms with van der Waals surface area (Å²) in [5.74, 6) is 0. The summed E-state index contributed by atoms with van der Waals surface area (Å²) < 4.78 is 0. The molecule has 0 spiro atoms. The third kappa shape index (κ3) is 2.16. The van der Waals surface area contributed by atoms with Gasteiger partial charge in [-0.3, -0.25) is 0 Å². The Kier molecular flexibility index (Phi) is 3.36. The molecule has 0 aromatic carbocycles. The maximum absolute atomic E-state index is 8.73. The van der Waals surface area contributed by atoms with E-state index in [1.54, 1.807) is 18.2 Å². The first-order valence-electron chi connectivity index (χ1n) is 4.13. The largest absolute Gasteiger partial charge is 0.232 e. The zero-order chi connectivity index (χ0) is 11.7. The molecule has 0 N–H and O–H groups in total. The molecule has 0 atom stereocenters. The number of rotatable bonds is 1. The van der Waals surface area contributed by atoms with Gasteiger partial charge in [0.05, 0.1) is 14.9 Å². The van der Waals surface area contributed by atoms with E-state index < -0.39 is 0 Å². The van der Waals surface area contributed by atoms with E-state index in [4.69, 9.17) is 40.1 Å². The van der Waals surface area contributed by atoms with Gasteiger partial charge in [0.1, 0.15) is 21.8 Å². The molecular formula is C10H3Cl3N2S. The molecule has 0 fully saturated rings. The maximum atomic E-state index is 8.73. The average molecular weight is 290 g/mol. The van der Waals surface area contributed by atoms with Crippen LogP contribution in [0, 0.1) is 11.3 Å². The summed E-state index contributed by atoms with van der Waals surface area (Å²) in [5, 5.41) is 9.66. The van der Waals surface area contributed by atoms with Gasteiger partial charge in [-0.15, -0.1) is 11.3 Å². The van der Waals surface area contributed by atoms with Crippen molar-refractivity contribution in [2.75, 3.05) is 0 Å². The van der Waals surface area contributed by atoms with E-state index in [-0.39, 0.29) is 5.15 Å². The summed E-state index contributed by atoms with van der Waals surface area (Å²) in [5.41, 5.74) is 0.544. The first-order valence-corrected chi connectivity index (χ1v) is 6.08. The van der Waals surface area contributed by atoms with Crippen molar-refractivity contribution in [3.63, 3.8) is 0 Å². The van der Waals surface area contributed by atoms with Crippen LogP contribution < -0.4 is 0 Å². The van der Waals surface area contributed by atoms with Gasteiger partial charge < -0.3 is 0 Å². The Hall–Kier alpha value is -0.790. The summed E-state index contributed by atoms with van der Waals surface area (Å²) in [7, 11) is 0. The molecule has 2 nitrogen and oxygen atoms in total. The average Bonchev–Trinajstić information content (AvgIpc) is 2.71. The highest BCUT2D eigenvalue weighted by atomic mass is 35.5. The van der Waals surface area contributed by atoms with Crippen molar-refractivity contribution in [3.05, 3.63) is 38.3 Å². The van der Waals surface area contributed by atoms with Gasteiger partial charge in [-0.25, -0.2) is 4.98 Å². The molecule has 0 aliphatic carbocycles. The van der Waals surface area contributed by atoms with E-state index in [9.17, 15) is 0 Å². The van der Waals surface area contributed by atoms with Crippen molar-refractivity contribution < 1.29 is 0 Å². The van der Waals surface area contributed by atoms with Gasteiger partial charge in [-0.1, -0.05) is 34.8 Å². The van der Waals surface area contributed by atoms with Crippen molar-refractivity contribution >= 4 is 46.1 Å². The van der Waals surface area contributed by atoms with Gasteiger partial charge in [-0.05, 0) is 18.2 Å². The fourth-order valence-corrected chi connectivity index (χ4v) is 2.60. The summed E-state index contributed by atoms with van der Waals surface area (Å²) in [6, 6.07) is 7.08. The van der Waals surface area contributed by atoms with E-state index in [0.29, 0.717) is 20.6 Å². The second kappa shape index (κ2) is 4.60. The number of aromatic nitrogens is 1. The zero-order valence-corrected chi connectivity index (χ0v) is 10.8. The molecule has 0 radical (unpaired) electrons. The second-order valence-electron chi connectivity index (χ2n) is 2.87. The quantitative estimate of drug-likeness (QED) is 0.717. The Morgan fingerprint density at radius 1 is 1.19 bits per heavy atom. The fraction of sp³-hybridized carbons (Fsp3) is 0. The lowest BCUT2D eigenvalue weighted by Gasteiger charge is -2.02. The molecule has 16 heavy (non-hydrogen) atoms. The number of pyridine rings is 1. The highest BCUT2D eigenvalue weighted by Gasteiger charge is 2.11. The lowest BCUT2D eigenvalue weighted by molar-refractivity contribution is 1.34. The summed E-state index contributed by atoms with van der Waals surface area (Å²) in [4.78, 5) is 5.48. The Labute approximate surface area is 111 Å². The third-order valence-corrected chi connectivity index (χ3v) is 3.79. The highest BCUT2D eigenvalue weighted by molar-refractivity contribution is 7.16. The van der Waals surface area contributed by atoms with Gasteiger partial charge in [-0.2, -0.15) is 5.26 Å². The monoisotopic (exact) mass is 288 g/mol. The maximum Gasteiger partial charge on any atom is 0.148 e. The number of thiophene rings is 1. The van der Waals surface area contributed by atoms with Crippen LogP contribution >= 0.6 is 46.1 Å². The predicted octanol–water partition coefficient (Wildman–Crippen LogP) is 4.64. The van der Waals surface area contributed by atoms with Crippen molar-refractivity contribution in [1.82, 2.24) is 4.98 Å². The van der Waals surface area contributed by atoms with Crippen molar-refractivity contribution in [1.29, 1.82) is 5.26 Å². The summed E-state index contributed by atoms with van der Waals surface area (Å²) in [6.45, 7) is 0. The minimum atomic E-state index is 0.202. The number of hydrogen-bond acceptors (Lipinski definition) is 3.